The lowest BCUT2D eigenvalue weighted by molar-refractivity contribution is -0.106. The summed E-state index contributed by atoms with van der Waals surface area (Å²) in [5.41, 5.74) is 1.52. The van der Waals surface area contributed by atoms with Crippen LogP contribution in [0.25, 0.3) is 0 Å². The van der Waals surface area contributed by atoms with Crippen LogP contribution in [0, 0.1) is 18.3 Å². The second-order valence-electron chi connectivity index (χ2n) is 6.64. The molecule has 124 valence electrons. The highest BCUT2D eigenvalue weighted by molar-refractivity contribution is 14.0. The van der Waals surface area contributed by atoms with E-state index in [0.717, 1.165) is 25.5 Å². The Morgan fingerprint density at radius 2 is 2.27 bits per heavy atom. The van der Waals surface area contributed by atoms with E-state index in [1.165, 1.54) is 10.4 Å². The lowest BCUT2D eigenvalue weighted by Crippen LogP contribution is -2.67. The van der Waals surface area contributed by atoms with Gasteiger partial charge in [0.15, 0.2) is 5.96 Å². The van der Waals surface area contributed by atoms with Crippen molar-refractivity contribution in [3.05, 3.63) is 21.9 Å². The number of aryl methyl sites for hydroxylation is 1. The third-order valence-corrected chi connectivity index (χ3v) is 6.02. The molecule has 0 bridgehead atoms. The first-order valence-electron chi connectivity index (χ1n) is 7.66. The number of halogens is 1. The van der Waals surface area contributed by atoms with Crippen molar-refractivity contribution in [2.24, 2.45) is 16.3 Å². The van der Waals surface area contributed by atoms with Crippen LogP contribution in [-0.4, -0.2) is 31.8 Å². The van der Waals surface area contributed by atoms with Gasteiger partial charge in [-0.1, -0.05) is 13.8 Å². The van der Waals surface area contributed by atoms with Gasteiger partial charge in [-0.3, -0.25) is 4.99 Å². The second-order valence-corrected chi connectivity index (χ2v) is 7.64. The Morgan fingerprint density at radius 1 is 1.50 bits per heavy atom. The standard InChI is InChI=1S/C16H25N3OS.HI/c1-10-6-8-21-12(10)9-18-15(17-4)19-13-11-5-7-20-14(11)16(13,2)3;/h6,8,11,13-14H,5,7,9H2,1-4H3,(H2,17,18,19);1H. The molecular formula is C16H26IN3OS. The van der Waals surface area contributed by atoms with Crippen molar-refractivity contribution < 1.29 is 4.74 Å². The summed E-state index contributed by atoms with van der Waals surface area (Å²) in [7, 11) is 1.84. The summed E-state index contributed by atoms with van der Waals surface area (Å²) in [6, 6.07) is 2.61. The lowest BCUT2D eigenvalue weighted by atomic mass is 9.57. The first-order chi connectivity index (χ1) is 10.0. The van der Waals surface area contributed by atoms with Crippen molar-refractivity contribution in [3.63, 3.8) is 0 Å². The Bertz CT molecular complexity index is 543. The van der Waals surface area contributed by atoms with E-state index >= 15 is 0 Å². The van der Waals surface area contributed by atoms with Gasteiger partial charge in [-0.05, 0) is 30.4 Å². The van der Waals surface area contributed by atoms with Gasteiger partial charge >= 0.3 is 0 Å². The quantitative estimate of drug-likeness (QED) is 0.436. The molecule has 3 rings (SSSR count). The summed E-state index contributed by atoms with van der Waals surface area (Å²) in [5, 5.41) is 9.19. The molecule has 2 fully saturated rings. The summed E-state index contributed by atoms with van der Waals surface area (Å²) < 4.78 is 5.85. The Morgan fingerprint density at radius 3 is 2.91 bits per heavy atom. The molecule has 2 N–H and O–H groups in total. The van der Waals surface area contributed by atoms with Crippen molar-refractivity contribution in [3.8, 4) is 0 Å². The molecule has 0 amide bonds. The number of ether oxygens (including phenoxy) is 1. The molecule has 1 saturated heterocycles. The van der Waals surface area contributed by atoms with E-state index in [9.17, 15) is 0 Å². The van der Waals surface area contributed by atoms with Gasteiger partial charge < -0.3 is 15.4 Å². The molecule has 4 nitrogen and oxygen atoms in total. The van der Waals surface area contributed by atoms with Gasteiger partial charge in [-0.2, -0.15) is 0 Å². The number of hydrogen-bond donors (Lipinski definition) is 2. The summed E-state index contributed by atoms with van der Waals surface area (Å²) in [6.07, 6.45) is 1.57. The number of aliphatic imine (C=N–C) groups is 1. The summed E-state index contributed by atoms with van der Waals surface area (Å²) >= 11 is 1.79. The van der Waals surface area contributed by atoms with Crippen LogP contribution in [0.5, 0.6) is 0 Å². The molecule has 1 aliphatic heterocycles. The fraction of sp³-hybridized carbons (Fsp3) is 0.688. The molecule has 1 saturated carbocycles. The lowest BCUT2D eigenvalue weighted by Gasteiger charge is -2.54. The molecule has 2 heterocycles. The summed E-state index contributed by atoms with van der Waals surface area (Å²) in [4.78, 5) is 5.75. The largest absolute Gasteiger partial charge is 0.377 e. The van der Waals surface area contributed by atoms with Crippen LogP contribution >= 0.6 is 35.3 Å². The Labute approximate surface area is 154 Å². The smallest absolute Gasteiger partial charge is 0.191 e. The zero-order valence-electron chi connectivity index (χ0n) is 13.7. The number of nitrogens with one attached hydrogen (secondary N) is 2. The van der Waals surface area contributed by atoms with Crippen molar-refractivity contribution in [1.82, 2.24) is 10.6 Å². The van der Waals surface area contributed by atoms with Gasteiger partial charge in [0.05, 0.1) is 12.6 Å². The molecule has 6 heteroatoms. The van der Waals surface area contributed by atoms with E-state index in [1.54, 1.807) is 11.3 Å². The monoisotopic (exact) mass is 435 g/mol. The number of hydrogen-bond acceptors (Lipinski definition) is 3. The number of guanidine groups is 1. The van der Waals surface area contributed by atoms with Crippen molar-refractivity contribution in [1.29, 1.82) is 0 Å². The van der Waals surface area contributed by atoms with E-state index in [1.807, 2.05) is 7.05 Å². The van der Waals surface area contributed by atoms with Gasteiger partial charge in [-0.25, -0.2) is 0 Å². The van der Waals surface area contributed by atoms with Crippen molar-refractivity contribution in [2.75, 3.05) is 13.7 Å². The van der Waals surface area contributed by atoms with Gasteiger partial charge in [0.1, 0.15) is 0 Å². The van der Waals surface area contributed by atoms with Crippen molar-refractivity contribution in [2.45, 2.75) is 45.9 Å². The molecule has 0 radical (unpaired) electrons. The van der Waals surface area contributed by atoms with E-state index in [-0.39, 0.29) is 29.4 Å². The number of rotatable bonds is 3. The molecule has 22 heavy (non-hydrogen) atoms. The molecular weight excluding hydrogens is 409 g/mol. The maximum atomic E-state index is 5.85. The van der Waals surface area contributed by atoms with Crippen LogP contribution in [0.3, 0.4) is 0 Å². The van der Waals surface area contributed by atoms with Crippen molar-refractivity contribution >= 4 is 41.3 Å². The zero-order chi connectivity index (χ0) is 15.0. The maximum absolute atomic E-state index is 5.85. The molecule has 0 spiro atoms. The molecule has 2 aliphatic rings. The van der Waals surface area contributed by atoms with Crippen LogP contribution in [-0.2, 0) is 11.3 Å². The molecule has 1 aromatic heterocycles. The number of fused-ring (bicyclic) bond motifs is 1. The highest BCUT2D eigenvalue weighted by Gasteiger charge is 2.59. The Balaban J connectivity index is 0.00000176. The molecule has 3 atom stereocenters. The second kappa shape index (κ2) is 7.05. The van der Waals surface area contributed by atoms with E-state index in [2.05, 4.69) is 47.8 Å². The van der Waals surface area contributed by atoms with E-state index < -0.39 is 0 Å². The maximum Gasteiger partial charge on any atom is 0.191 e. The molecule has 0 aromatic carbocycles. The fourth-order valence-electron chi connectivity index (χ4n) is 3.71. The first-order valence-corrected chi connectivity index (χ1v) is 8.53. The molecule has 1 aromatic rings. The third kappa shape index (κ3) is 3.14. The highest BCUT2D eigenvalue weighted by Crippen LogP contribution is 2.52. The third-order valence-electron chi connectivity index (χ3n) is 5.00. The van der Waals surface area contributed by atoms with Gasteiger partial charge in [0, 0.05) is 35.9 Å². The van der Waals surface area contributed by atoms with Gasteiger partial charge in [0.2, 0.25) is 0 Å². The van der Waals surface area contributed by atoms with E-state index in [0.29, 0.717) is 18.1 Å². The molecule has 3 unspecified atom stereocenters. The SMILES string of the molecule is CN=C(NCc1sccc1C)NC1C2CCOC2C1(C)C.I. The topological polar surface area (TPSA) is 45.7 Å². The number of nitrogens with zero attached hydrogens (tertiary/aromatic N) is 1. The fourth-order valence-corrected chi connectivity index (χ4v) is 4.55. The number of thiophene rings is 1. The van der Waals surface area contributed by atoms with Crippen LogP contribution in [0.1, 0.15) is 30.7 Å². The summed E-state index contributed by atoms with van der Waals surface area (Å²) in [6.45, 7) is 8.46. The van der Waals surface area contributed by atoms with Crippen LogP contribution < -0.4 is 10.6 Å². The zero-order valence-corrected chi connectivity index (χ0v) is 16.8. The summed E-state index contributed by atoms with van der Waals surface area (Å²) in [5.74, 6) is 1.52. The molecule has 1 aliphatic carbocycles. The van der Waals surface area contributed by atoms with Crippen LogP contribution in [0.15, 0.2) is 16.4 Å². The normalized spacial score (nSPS) is 29.3. The average molecular weight is 435 g/mol. The Hall–Kier alpha value is -0.340. The first kappa shape index (κ1) is 18.0. The van der Waals surface area contributed by atoms with Gasteiger partial charge in [-0.15, -0.1) is 35.3 Å². The Kier molecular flexibility index (Phi) is 5.77. The van der Waals surface area contributed by atoms with Crippen LogP contribution in [0.4, 0.5) is 0 Å². The van der Waals surface area contributed by atoms with E-state index in [4.69, 9.17) is 4.74 Å². The predicted molar refractivity (Wildman–Crippen MR) is 103 cm³/mol. The average Bonchev–Trinajstić information content (AvgIpc) is 3.07. The minimum Gasteiger partial charge on any atom is -0.377 e. The predicted octanol–water partition coefficient (Wildman–Crippen LogP) is 3.15. The van der Waals surface area contributed by atoms with Crippen LogP contribution in [0.2, 0.25) is 0 Å². The minimum atomic E-state index is 0. The van der Waals surface area contributed by atoms with Gasteiger partial charge in [0.25, 0.3) is 0 Å². The highest BCUT2D eigenvalue weighted by atomic mass is 127. The minimum absolute atomic E-state index is 0.